The summed E-state index contributed by atoms with van der Waals surface area (Å²) < 4.78 is 37.2. The van der Waals surface area contributed by atoms with Crippen LogP contribution in [0, 0.1) is 13.8 Å². The molecule has 1 aliphatic rings. The van der Waals surface area contributed by atoms with E-state index in [4.69, 9.17) is 0 Å². The normalized spacial score (nSPS) is 16.9. The van der Waals surface area contributed by atoms with Crippen molar-refractivity contribution in [3.05, 3.63) is 29.3 Å². The van der Waals surface area contributed by atoms with Crippen molar-refractivity contribution in [2.75, 3.05) is 37.5 Å². The summed E-state index contributed by atoms with van der Waals surface area (Å²) in [5, 5.41) is 0. The first-order chi connectivity index (χ1) is 8.87. The Hall–Kier alpha value is 0.471. The number of nitrogens with zero attached hydrogens (tertiary/aromatic N) is 2. The molecule has 0 unspecified atom stereocenters. The fourth-order valence-electron chi connectivity index (χ4n) is 2.54. The van der Waals surface area contributed by atoms with Gasteiger partial charge in [-0.15, -0.1) is 0 Å². The fourth-order valence-corrected chi connectivity index (χ4v) is 2.54. The molecule has 20 heavy (non-hydrogen) atoms. The molecular formula is C13H19BF3KN2. The molecular weight excluding hydrogens is 291 g/mol. The van der Waals surface area contributed by atoms with Crippen LogP contribution in [0.5, 0.6) is 0 Å². The minimum Gasteiger partial charge on any atom is -0.448 e. The maximum atomic E-state index is 12.4. The Morgan fingerprint density at radius 1 is 1.05 bits per heavy atom. The van der Waals surface area contributed by atoms with E-state index in [-0.39, 0.29) is 51.4 Å². The van der Waals surface area contributed by atoms with Crippen molar-refractivity contribution >= 4 is 12.7 Å². The Labute approximate surface area is 161 Å². The number of hydrogen-bond donors (Lipinski definition) is 0. The molecule has 2 rings (SSSR count). The van der Waals surface area contributed by atoms with Crippen molar-refractivity contribution in [1.29, 1.82) is 0 Å². The van der Waals surface area contributed by atoms with Crippen LogP contribution >= 0.6 is 0 Å². The van der Waals surface area contributed by atoms with E-state index in [0.717, 1.165) is 5.69 Å². The number of hydrogen-bond acceptors (Lipinski definition) is 2. The van der Waals surface area contributed by atoms with Crippen molar-refractivity contribution in [2.45, 2.75) is 13.8 Å². The molecule has 0 atom stereocenters. The molecule has 1 fully saturated rings. The average Bonchev–Trinajstić information content (AvgIpc) is 2.32. The van der Waals surface area contributed by atoms with Gasteiger partial charge < -0.3 is 22.7 Å². The molecule has 0 spiro atoms. The van der Waals surface area contributed by atoms with Crippen LogP contribution in [0.4, 0.5) is 18.6 Å². The van der Waals surface area contributed by atoms with Crippen LogP contribution in [0.15, 0.2) is 18.2 Å². The maximum absolute atomic E-state index is 12.4. The molecule has 0 bridgehead atoms. The Balaban J connectivity index is 0.00000200. The van der Waals surface area contributed by atoms with Crippen LogP contribution in [0.2, 0.25) is 0 Å². The van der Waals surface area contributed by atoms with Crippen molar-refractivity contribution in [3.8, 4) is 0 Å². The zero-order valence-electron chi connectivity index (χ0n) is 12.4. The van der Waals surface area contributed by atoms with E-state index in [0.29, 0.717) is 26.2 Å². The Morgan fingerprint density at radius 3 is 2.20 bits per heavy atom. The van der Waals surface area contributed by atoms with E-state index in [1.54, 1.807) is 0 Å². The zero-order chi connectivity index (χ0) is 14.0. The SMILES string of the molecule is Cc1cccc(N2CCN(C[B-](F)(F)F)CC2)c1C.[K+]. The van der Waals surface area contributed by atoms with Gasteiger partial charge in [-0.05, 0) is 37.5 Å². The molecule has 0 saturated carbocycles. The van der Waals surface area contributed by atoms with E-state index in [9.17, 15) is 12.9 Å². The van der Waals surface area contributed by atoms with Crippen LogP contribution in [0.25, 0.3) is 0 Å². The van der Waals surface area contributed by atoms with Gasteiger partial charge in [0.15, 0.2) is 0 Å². The second-order valence-corrected chi connectivity index (χ2v) is 5.22. The number of piperazine rings is 1. The number of rotatable bonds is 3. The van der Waals surface area contributed by atoms with Gasteiger partial charge in [-0.2, -0.15) is 0 Å². The second kappa shape index (κ2) is 7.65. The Kier molecular flexibility index (Phi) is 7.08. The van der Waals surface area contributed by atoms with Crippen molar-refractivity contribution < 1.29 is 64.3 Å². The van der Waals surface area contributed by atoms with E-state index in [1.165, 1.54) is 16.0 Å². The van der Waals surface area contributed by atoms with Crippen molar-refractivity contribution in [1.82, 2.24) is 4.90 Å². The molecule has 0 N–H and O–H groups in total. The molecule has 0 aromatic heterocycles. The topological polar surface area (TPSA) is 6.48 Å². The van der Waals surface area contributed by atoms with Gasteiger partial charge in [0.05, 0.1) is 0 Å². The Bertz CT molecular complexity index is 446. The van der Waals surface area contributed by atoms with Crippen molar-refractivity contribution in [2.24, 2.45) is 0 Å². The maximum Gasteiger partial charge on any atom is 1.00 e. The van der Waals surface area contributed by atoms with Gasteiger partial charge in [-0.1, -0.05) is 12.1 Å². The summed E-state index contributed by atoms with van der Waals surface area (Å²) in [4.78, 5) is 3.68. The summed E-state index contributed by atoms with van der Waals surface area (Å²) in [5.41, 5.74) is 3.59. The molecule has 1 aliphatic heterocycles. The molecule has 0 amide bonds. The summed E-state index contributed by atoms with van der Waals surface area (Å²) in [5.74, 6) is 0. The van der Waals surface area contributed by atoms with E-state index >= 15 is 0 Å². The molecule has 2 nitrogen and oxygen atoms in total. The van der Waals surface area contributed by atoms with Crippen LogP contribution < -0.4 is 56.3 Å². The average molecular weight is 310 g/mol. The van der Waals surface area contributed by atoms with Crippen LogP contribution in [0.1, 0.15) is 11.1 Å². The van der Waals surface area contributed by atoms with Gasteiger partial charge in [0.2, 0.25) is 0 Å². The van der Waals surface area contributed by atoms with Crippen LogP contribution in [-0.2, 0) is 0 Å². The summed E-state index contributed by atoms with van der Waals surface area (Å²) in [6.07, 6.45) is -0.735. The number of benzene rings is 1. The van der Waals surface area contributed by atoms with Gasteiger partial charge in [0.25, 0.3) is 0 Å². The molecule has 0 aliphatic carbocycles. The monoisotopic (exact) mass is 310 g/mol. The first kappa shape index (κ1) is 18.5. The number of halogens is 3. The van der Waals surface area contributed by atoms with Gasteiger partial charge in [-0.3, -0.25) is 0 Å². The third-order valence-electron chi connectivity index (χ3n) is 3.75. The number of anilines is 1. The predicted molar refractivity (Wildman–Crippen MR) is 73.6 cm³/mol. The first-order valence-corrected chi connectivity index (χ1v) is 6.61. The van der Waals surface area contributed by atoms with Gasteiger partial charge >= 0.3 is 58.4 Å². The molecule has 106 valence electrons. The van der Waals surface area contributed by atoms with Crippen LogP contribution in [0.3, 0.4) is 0 Å². The summed E-state index contributed by atoms with van der Waals surface area (Å²) in [7, 11) is 0. The Morgan fingerprint density at radius 2 is 1.65 bits per heavy atom. The summed E-state index contributed by atoms with van der Waals surface area (Å²) in [6, 6.07) is 6.11. The molecule has 1 saturated heterocycles. The molecule has 7 heteroatoms. The summed E-state index contributed by atoms with van der Waals surface area (Å²) >= 11 is 0. The molecule has 1 aromatic carbocycles. The standard InChI is InChI=1S/C13H19BF3N2.K/c1-11-4-3-5-13(12(11)2)19-8-6-18(7-9-19)10-14(15,16)17;/h3-5H,6-10H2,1-2H3;/q-1;+1. The predicted octanol–water partition coefficient (Wildman–Crippen LogP) is -0.184. The van der Waals surface area contributed by atoms with Gasteiger partial charge in [-0.25, -0.2) is 0 Å². The fraction of sp³-hybridized carbons (Fsp3) is 0.538. The van der Waals surface area contributed by atoms with E-state index in [1.807, 2.05) is 12.1 Å². The van der Waals surface area contributed by atoms with Gasteiger partial charge in [0.1, 0.15) is 0 Å². The molecule has 1 heterocycles. The summed E-state index contributed by atoms with van der Waals surface area (Å²) in [6.45, 7) is 1.70. The molecule has 1 aromatic rings. The third kappa shape index (κ3) is 5.03. The molecule has 0 radical (unpaired) electrons. The van der Waals surface area contributed by atoms with Crippen molar-refractivity contribution in [3.63, 3.8) is 0 Å². The quantitative estimate of drug-likeness (QED) is 0.715. The minimum absolute atomic E-state index is 0. The van der Waals surface area contributed by atoms with E-state index in [2.05, 4.69) is 24.8 Å². The zero-order valence-corrected chi connectivity index (χ0v) is 15.5. The third-order valence-corrected chi connectivity index (χ3v) is 3.75. The number of aryl methyl sites for hydroxylation is 1. The smallest absolute Gasteiger partial charge is 0.448 e. The second-order valence-electron chi connectivity index (χ2n) is 5.22. The minimum atomic E-state index is -4.71. The van der Waals surface area contributed by atoms with Crippen LogP contribution in [-0.4, -0.2) is 44.5 Å². The van der Waals surface area contributed by atoms with E-state index < -0.39 is 13.4 Å². The first-order valence-electron chi connectivity index (χ1n) is 6.61. The largest absolute Gasteiger partial charge is 1.00 e. The van der Waals surface area contributed by atoms with Gasteiger partial charge in [0, 0.05) is 31.9 Å².